The van der Waals surface area contributed by atoms with E-state index in [-0.39, 0.29) is 11.6 Å². The van der Waals surface area contributed by atoms with Gasteiger partial charge in [-0.2, -0.15) is 5.10 Å². The Bertz CT molecular complexity index is 1130. The lowest BCUT2D eigenvalue weighted by molar-refractivity contribution is 0.0167. The Morgan fingerprint density at radius 1 is 1.23 bits per heavy atom. The molecule has 0 radical (unpaired) electrons. The second kappa shape index (κ2) is 7.37. The fourth-order valence-corrected chi connectivity index (χ4v) is 4.27. The molecule has 1 fully saturated rings. The molecule has 8 heteroatoms. The van der Waals surface area contributed by atoms with Crippen LogP contribution in [-0.4, -0.2) is 39.0 Å². The number of nitrogens with zero attached hydrogens (tertiary/aromatic N) is 4. The molecule has 0 bridgehead atoms. The van der Waals surface area contributed by atoms with Crippen molar-refractivity contribution in [2.75, 3.05) is 23.3 Å². The SMILES string of the molecule is Cc1c([C@@H](C)Nc2nnc(C)c3ncc(N4CC(C)(O)C4)cc23)cccc1C(C)(F)F. The van der Waals surface area contributed by atoms with Crippen LogP contribution >= 0.6 is 0 Å². The average molecular weight is 427 g/mol. The lowest BCUT2D eigenvalue weighted by Crippen LogP contribution is -2.60. The van der Waals surface area contributed by atoms with Gasteiger partial charge in [0.15, 0.2) is 5.82 Å². The van der Waals surface area contributed by atoms with Crippen molar-refractivity contribution >= 4 is 22.4 Å². The highest BCUT2D eigenvalue weighted by Crippen LogP contribution is 2.35. The number of nitrogens with one attached hydrogen (secondary N) is 1. The Morgan fingerprint density at radius 3 is 2.58 bits per heavy atom. The maximum atomic E-state index is 14.0. The molecule has 0 unspecified atom stereocenters. The van der Waals surface area contributed by atoms with Gasteiger partial charge in [0.2, 0.25) is 0 Å². The maximum Gasteiger partial charge on any atom is 0.270 e. The molecule has 2 aromatic heterocycles. The third kappa shape index (κ3) is 4.04. The van der Waals surface area contributed by atoms with Gasteiger partial charge in [-0.15, -0.1) is 5.10 Å². The van der Waals surface area contributed by atoms with E-state index in [1.165, 1.54) is 6.07 Å². The predicted octanol–water partition coefficient (Wildman–Crippen LogP) is 4.50. The first-order chi connectivity index (χ1) is 14.5. The van der Waals surface area contributed by atoms with Crippen molar-refractivity contribution in [3.63, 3.8) is 0 Å². The normalized spacial score (nSPS) is 16.8. The number of hydrogen-bond acceptors (Lipinski definition) is 6. The van der Waals surface area contributed by atoms with Crippen molar-refractivity contribution in [2.45, 2.75) is 52.2 Å². The topological polar surface area (TPSA) is 74.2 Å². The number of aliphatic hydroxyl groups is 1. The Labute approximate surface area is 180 Å². The summed E-state index contributed by atoms with van der Waals surface area (Å²) < 4.78 is 28.0. The largest absolute Gasteiger partial charge is 0.386 e. The van der Waals surface area contributed by atoms with Crippen LogP contribution in [0.5, 0.6) is 0 Å². The number of rotatable bonds is 5. The number of fused-ring (bicyclic) bond motifs is 1. The summed E-state index contributed by atoms with van der Waals surface area (Å²) in [5.74, 6) is -2.37. The second-order valence-electron chi connectivity index (χ2n) is 8.85. The van der Waals surface area contributed by atoms with E-state index in [1.54, 1.807) is 26.1 Å². The molecule has 4 rings (SSSR count). The molecule has 0 amide bonds. The van der Waals surface area contributed by atoms with E-state index in [0.29, 0.717) is 30.2 Å². The van der Waals surface area contributed by atoms with E-state index in [2.05, 4.69) is 20.5 Å². The van der Waals surface area contributed by atoms with E-state index < -0.39 is 11.5 Å². The number of aryl methyl sites for hydroxylation is 1. The van der Waals surface area contributed by atoms with Crippen LogP contribution in [0.25, 0.3) is 10.9 Å². The summed E-state index contributed by atoms with van der Waals surface area (Å²) in [6, 6.07) is 6.68. The lowest BCUT2D eigenvalue weighted by Gasteiger charge is -2.45. The fourth-order valence-electron chi connectivity index (χ4n) is 4.27. The van der Waals surface area contributed by atoms with Crippen molar-refractivity contribution in [2.24, 2.45) is 0 Å². The number of pyridine rings is 1. The van der Waals surface area contributed by atoms with Crippen LogP contribution in [0.3, 0.4) is 0 Å². The van der Waals surface area contributed by atoms with E-state index in [4.69, 9.17) is 0 Å². The number of alkyl halides is 2. The van der Waals surface area contributed by atoms with Gasteiger partial charge >= 0.3 is 0 Å². The molecule has 6 nitrogen and oxygen atoms in total. The third-order valence-corrected chi connectivity index (χ3v) is 5.87. The van der Waals surface area contributed by atoms with Crippen molar-refractivity contribution in [3.05, 3.63) is 52.8 Å². The summed E-state index contributed by atoms with van der Waals surface area (Å²) in [5, 5.41) is 22.7. The van der Waals surface area contributed by atoms with Gasteiger partial charge in [-0.3, -0.25) is 4.98 Å². The van der Waals surface area contributed by atoms with E-state index in [0.717, 1.165) is 29.1 Å². The van der Waals surface area contributed by atoms with Gasteiger partial charge in [-0.25, -0.2) is 8.78 Å². The molecule has 3 heterocycles. The summed E-state index contributed by atoms with van der Waals surface area (Å²) >= 11 is 0. The molecule has 0 saturated carbocycles. The number of hydrogen-bond donors (Lipinski definition) is 2. The predicted molar refractivity (Wildman–Crippen MR) is 118 cm³/mol. The first kappa shape index (κ1) is 21.4. The minimum atomic E-state index is -2.91. The van der Waals surface area contributed by atoms with E-state index in [1.807, 2.05) is 30.9 Å². The summed E-state index contributed by atoms with van der Waals surface area (Å²) in [4.78, 5) is 6.62. The highest BCUT2D eigenvalue weighted by atomic mass is 19.3. The van der Waals surface area contributed by atoms with E-state index >= 15 is 0 Å². The van der Waals surface area contributed by atoms with Gasteiger partial charge in [-0.1, -0.05) is 18.2 Å². The van der Waals surface area contributed by atoms with Crippen LogP contribution in [0.4, 0.5) is 20.3 Å². The maximum absolute atomic E-state index is 14.0. The molecular weight excluding hydrogens is 400 g/mol. The second-order valence-corrected chi connectivity index (χ2v) is 8.85. The van der Waals surface area contributed by atoms with Crippen molar-refractivity contribution < 1.29 is 13.9 Å². The zero-order valence-corrected chi connectivity index (χ0v) is 18.4. The number of halogens is 2. The molecule has 0 spiro atoms. The van der Waals surface area contributed by atoms with Crippen LogP contribution in [0.15, 0.2) is 30.5 Å². The number of β-amino-alcohol motifs (C(OH)–C–C–N with tert-alkyl or cyclic N) is 1. The molecule has 1 aliphatic heterocycles. The molecule has 2 N–H and O–H groups in total. The third-order valence-electron chi connectivity index (χ3n) is 5.87. The van der Waals surface area contributed by atoms with Crippen molar-refractivity contribution in [1.29, 1.82) is 0 Å². The quantitative estimate of drug-likeness (QED) is 0.625. The van der Waals surface area contributed by atoms with Gasteiger partial charge in [-0.05, 0) is 44.9 Å². The fraction of sp³-hybridized carbons (Fsp3) is 0.435. The monoisotopic (exact) mass is 427 g/mol. The zero-order valence-electron chi connectivity index (χ0n) is 18.4. The van der Waals surface area contributed by atoms with Gasteiger partial charge < -0.3 is 15.3 Å². The standard InChI is InChI=1S/C23H27F2N5O/c1-13-17(7-6-8-19(13)23(5,24)25)14(2)27-21-18-9-16(30-11-22(4,31)12-30)10-26-20(18)15(3)28-29-21/h6-10,14,31H,11-12H2,1-5H3,(H,27,29)/t14-/m1/s1. The molecule has 31 heavy (non-hydrogen) atoms. The van der Waals surface area contributed by atoms with Crippen LogP contribution < -0.4 is 10.2 Å². The molecule has 1 atom stereocenters. The number of anilines is 2. The molecule has 0 aliphatic carbocycles. The van der Waals surface area contributed by atoms with Crippen molar-refractivity contribution in [3.8, 4) is 0 Å². The first-order valence-corrected chi connectivity index (χ1v) is 10.3. The zero-order chi connectivity index (χ0) is 22.6. The minimum Gasteiger partial charge on any atom is -0.386 e. The molecular formula is C23H27F2N5O. The smallest absolute Gasteiger partial charge is 0.270 e. The molecule has 1 aliphatic rings. The van der Waals surface area contributed by atoms with Gasteiger partial charge in [0.25, 0.3) is 5.92 Å². The summed E-state index contributed by atoms with van der Waals surface area (Å²) in [5.41, 5.74) is 2.99. The van der Waals surface area contributed by atoms with Crippen LogP contribution in [0.2, 0.25) is 0 Å². The Hall–Kier alpha value is -2.87. The van der Waals surface area contributed by atoms with Crippen molar-refractivity contribution in [1.82, 2.24) is 15.2 Å². The molecule has 164 valence electrons. The highest BCUT2D eigenvalue weighted by Gasteiger charge is 2.37. The summed E-state index contributed by atoms with van der Waals surface area (Å²) in [6.07, 6.45) is 1.77. The van der Waals surface area contributed by atoms with Gasteiger partial charge in [0.1, 0.15) is 0 Å². The van der Waals surface area contributed by atoms with Gasteiger partial charge in [0.05, 0.1) is 34.7 Å². The molecule has 1 saturated heterocycles. The minimum absolute atomic E-state index is 0.0206. The first-order valence-electron chi connectivity index (χ1n) is 10.3. The molecule has 3 aromatic rings. The number of benzene rings is 1. The van der Waals surface area contributed by atoms with Crippen LogP contribution in [-0.2, 0) is 5.92 Å². The lowest BCUT2D eigenvalue weighted by atomic mass is 9.94. The average Bonchev–Trinajstić information content (AvgIpc) is 2.67. The molecule has 1 aromatic carbocycles. The van der Waals surface area contributed by atoms with Crippen LogP contribution in [0.1, 0.15) is 49.2 Å². The van der Waals surface area contributed by atoms with E-state index in [9.17, 15) is 13.9 Å². The summed E-state index contributed by atoms with van der Waals surface area (Å²) in [6.45, 7) is 9.27. The summed E-state index contributed by atoms with van der Waals surface area (Å²) in [7, 11) is 0. The Balaban J connectivity index is 1.69. The Morgan fingerprint density at radius 2 is 1.94 bits per heavy atom. The Kier molecular flexibility index (Phi) is 5.08. The number of aromatic nitrogens is 3. The highest BCUT2D eigenvalue weighted by molar-refractivity contribution is 5.92. The van der Waals surface area contributed by atoms with Crippen LogP contribution in [0, 0.1) is 13.8 Å². The van der Waals surface area contributed by atoms with Gasteiger partial charge in [0, 0.05) is 31.0 Å².